The third kappa shape index (κ3) is 2.35. The second-order valence-electron chi connectivity index (χ2n) is 4.83. The summed E-state index contributed by atoms with van der Waals surface area (Å²) in [5, 5.41) is 0. The van der Waals surface area contributed by atoms with Crippen molar-refractivity contribution in [2.75, 3.05) is 13.1 Å². The second-order valence-corrected chi connectivity index (χ2v) is 4.83. The molecule has 1 aliphatic carbocycles. The Morgan fingerprint density at radius 3 is 2.50 bits per heavy atom. The van der Waals surface area contributed by atoms with Gasteiger partial charge in [0.05, 0.1) is 0 Å². The number of carbonyl (C=O) groups excluding carboxylic acids is 1. The van der Waals surface area contributed by atoms with Crippen molar-refractivity contribution in [3.8, 4) is 0 Å². The van der Waals surface area contributed by atoms with Crippen LogP contribution in [-0.2, 0) is 4.79 Å². The number of rotatable bonds is 2. The van der Waals surface area contributed by atoms with Crippen molar-refractivity contribution in [3.63, 3.8) is 0 Å². The first-order chi connectivity index (χ1) is 6.90. The summed E-state index contributed by atoms with van der Waals surface area (Å²) in [6.07, 6.45) is 10.4. The standard InChI is InChI=1S/C12H21NO/c14-10-11-5-4-8-13(9-11)12-6-2-1-3-7-12/h10-12H,1-9H2. The number of aldehydes is 1. The molecule has 0 aromatic carbocycles. The van der Waals surface area contributed by atoms with E-state index in [1.807, 2.05) is 0 Å². The molecule has 2 nitrogen and oxygen atoms in total. The van der Waals surface area contributed by atoms with Crippen molar-refractivity contribution in [1.82, 2.24) is 4.90 Å². The zero-order valence-electron chi connectivity index (χ0n) is 8.95. The van der Waals surface area contributed by atoms with Gasteiger partial charge in [-0.2, -0.15) is 0 Å². The topological polar surface area (TPSA) is 20.3 Å². The average molecular weight is 195 g/mol. The molecule has 1 aliphatic heterocycles. The van der Waals surface area contributed by atoms with Crippen molar-refractivity contribution >= 4 is 6.29 Å². The van der Waals surface area contributed by atoms with Gasteiger partial charge in [0.2, 0.25) is 0 Å². The molecule has 1 saturated carbocycles. The number of carbonyl (C=O) groups is 1. The summed E-state index contributed by atoms with van der Waals surface area (Å²) < 4.78 is 0. The fourth-order valence-corrected chi connectivity index (χ4v) is 2.93. The molecule has 0 bridgehead atoms. The maximum absolute atomic E-state index is 10.8. The van der Waals surface area contributed by atoms with Crippen LogP contribution in [-0.4, -0.2) is 30.3 Å². The van der Waals surface area contributed by atoms with Gasteiger partial charge in [-0.25, -0.2) is 0 Å². The van der Waals surface area contributed by atoms with E-state index in [0.717, 1.165) is 25.3 Å². The molecule has 2 fully saturated rings. The second kappa shape index (κ2) is 4.92. The molecule has 2 heteroatoms. The van der Waals surface area contributed by atoms with Crippen molar-refractivity contribution in [2.45, 2.75) is 51.0 Å². The minimum atomic E-state index is 0.325. The van der Waals surface area contributed by atoms with E-state index in [-0.39, 0.29) is 0 Å². The van der Waals surface area contributed by atoms with Crippen LogP contribution in [0.4, 0.5) is 0 Å². The van der Waals surface area contributed by atoms with Gasteiger partial charge < -0.3 is 4.79 Å². The first kappa shape index (κ1) is 10.2. The molecule has 2 aliphatic rings. The van der Waals surface area contributed by atoms with Crippen molar-refractivity contribution < 1.29 is 4.79 Å². The number of hydrogen-bond donors (Lipinski definition) is 0. The maximum Gasteiger partial charge on any atom is 0.124 e. The molecule has 1 atom stereocenters. The van der Waals surface area contributed by atoms with E-state index >= 15 is 0 Å². The monoisotopic (exact) mass is 195 g/mol. The molecular weight excluding hydrogens is 174 g/mol. The molecule has 1 unspecified atom stereocenters. The number of hydrogen-bond acceptors (Lipinski definition) is 2. The largest absolute Gasteiger partial charge is 0.303 e. The SMILES string of the molecule is O=CC1CCCN(C2CCCCC2)C1. The molecule has 0 spiro atoms. The van der Waals surface area contributed by atoms with Crippen LogP contribution in [0.15, 0.2) is 0 Å². The maximum atomic E-state index is 10.8. The van der Waals surface area contributed by atoms with E-state index in [2.05, 4.69) is 4.90 Å². The first-order valence-electron chi connectivity index (χ1n) is 6.09. The zero-order chi connectivity index (χ0) is 9.80. The highest BCUT2D eigenvalue weighted by Gasteiger charge is 2.26. The molecular formula is C12H21NO. The van der Waals surface area contributed by atoms with Gasteiger partial charge in [0.1, 0.15) is 6.29 Å². The summed E-state index contributed by atoms with van der Waals surface area (Å²) in [6.45, 7) is 2.27. The summed E-state index contributed by atoms with van der Waals surface area (Å²) in [5.41, 5.74) is 0. The third-order valence-electron chi connectivity index (χ3n) is 3.77. The van der Waals surface area contributed by atoms with Crippen LogP contribution in [0.3, 0.4) is 0 Å². The summed E-state index contributed by atoms with van der Waals surface area (Å²) in [6, 6.07) is 0.798. The van der Waals surface area contributed by atoms with Gasteiger partial charge in [-0.3, -0.25) is 4.90 Å². The minimum absolute atomic E-state index is 0.325. The summed E-state index contributed by atoms with van der Waals surface area (Å²) >= 11 is 0. The fourth-order valence-electron chi connectivity index (χ4n) is 2.93. The molecule has 0 radical (unpaired) electrons. The van der Waals surface area contributed by atoms with Crippen LogP contribution in [0.25, 0.3) is 0 Å². The molecule has 0 N–H and O–H groups in total. The van der Waals surface area contributed by atoms with E-state index in [0.29, 0.717) is 5.92 Å². The number of nitrogens with zero attached hydrogens (tertiary/aromatic N) is 1. The summed E-state index contributed by atoms with van der Waals surface area (Å²) in [5.74, 6) is 0.325. The van der Waals surface area contributed by atoms with Gasteiger partial charge in [0.15, 0.2) is 0 Å². The van der Waals surface area contributed by atoms with Crippen molar-refractivity contribution in [1.29, 1.82) is 0 Å². The smallest absolute Gasteiger partial charge is 0.124 e. The van der Waals surface area contributed by atoms with Gasteiger partial charge in [0, 0.05) is 18.5 Å². The van der Waals surface area contributed by atoms with E-state index < -0.39 is 0 Å². The Bertz CT molecular complexity index is 187. The van der Waals surface area contributed by atoms with Crippen LogP contribution >= 0.6 is 0 Å². The lowest BCUT2D eigenvalue weighted by Gasteiger charge is -2.38. The van der Waals surface area contributed by atoms with Crippen molar-refractivity contribution in [3.05, 3.63) is 0 Å². The lowest BCUT2D eigenvalue weighted by Crippen LogP contribution is -2.43. The van der Waals surface area contributed by atoms with E-state index in [9.17, 15) is 4.79 Å². The van der Waals surface area contributed by atoms with Crippen LogP contribution in [0.1, 0.15) is 44.9 Å². The van der Waals surface area contributed by atoms with Gasteiger partial charge in [0.25, 0.3) is 0 Å². The fraction of sp³-hybridized carbons (Fsp3) is 0.917. The van der Waals surface area contributed by atoms with Gasteiger partial charge in [-0.15, -0.1) is 0 Å². The van der Waals surface area contributed by atoms with E-state index in [4.69, 9.17) is 0 Å². The predicted octanol–water partition coefficient (Wildman–Crippen LogP) is 2.23. The number of likely N-dealkylation sites (tertiary alicyclic amines) is 1. The van der Waals surface area contributed by atoms with Crippen LogP contribution in [0.2, 0.25) is 0 Å². The Labute approximate surface area is 86.7 Å². The molecule has 0 aromatic rings. The van der Waals surface area contributed by atoms with Crippen LogP contribution < -0.4 is 0 Å². The molecule has 0 amide bonds. The summed E-state index contributed by atoms with van der Waals surface area (Å²) in [7, 11) is 0. The highest BCUT2D eigenvalue weighted by atomic mass is 16.1. The molecule has 1 heterocycles. The molecule has 1 saturated heterocycles. The van der Waals surface area contributed by atoms with Gasteiger partial charge in [-0.1, -0.05) is 19.3 Å². The molecule has 2 rings (SSSR count). The molecule has 80 valence electrons. The van der Waals surface area contributed by atoms with Crippen LogP contribution in [0.5, 0.6) is 0 Å². The first-order valence-corrected chi connectivity index (χ1v) is 6.09. The van der Waals surface area contributed by atoms with Gasteiger partial charge >= 0.3 is 0 Å². The Kier molecular flexibility index (Phi) is 3.57. The highest BCUT2D eigenvalue weighted by molar-refractivity contribution is 5.53. The third-order valence-corrected chi connectivity index (χ3v) is 3.77. The minimum Gasteiger partial charge on any atom is -0.303 e. The van der Waals surface area contributed by atoms with E-state index in [1.165, 1.54) is 45.1 Å². The number of piperidine rings is 1. The average Bonchev–Trinajstić information content (AvgIpc) is 2.30. The highest BCUT2D eigenvalue weighted by Crippen LogP contribution is 2.26. The molecule has 14 heavy (non-hydrogen) atoms. The van der Waals surface area contributed by atoms with Crippen LogP contribution in [0, 0.1) is 5.92 Å². The van der Waals surface area contributed by atoms with E-state index in [1.54, 1.807) is 0 Å². The molecule has 0 aromatic heterocycles. The Morgan fingerprint density at radius 2 is 1.79 bits per heavy atom. The van der Waals surface area contributed by atoms with Gasteiger partial charge in [-0.05, 0) is 32.2 Å². The Balaban J connectivity index is 1.86. The summed E-state index contributed by atoms with van der Waals surface area (Å²) in [4.78, 5) is 13.3. The predicted molar refractivity (Wildman–Crippen MR) is 57.2 cm³/mol. The quantitative estimate of drug-likeness (QED) is 0.630. The Morgan fingerprint density at radius 1 is 1.00 bits per heavy atom. The van der Waals surface area contributed by atoms with Crippen molar-refractivity contribution in [2.24, 2.45) is 5.92 Å². The Hall–Kier alpha value is -0.370. The lowest BCUT2D eigenvalue weighted by atomic mass is 9.91. The normalized spacial score (nSPS) is 31.6. The lowest BCUT2D eigenvalue weighted by molar-refractivity contribution is -0.113. The zero-order valence-corrected chi connectivity index (χ0v) is 8.95.